The maximum atomic E-state index is 15.0. The third kappa shape index (κ3) is 4.13. The van der Waals surface area contributed by atoms with Crippen LogP contribution in [0.3, 0.4) is 0 Å². The lowest BCUT2D eigenvalue weighted by Gasteiger charge is -2.41. The van der Waals surface area contributed by atoms with Crippen molar-refractivity contribution < 1.29 is 40.6 Å². The van der Waals surface area contributed by atoms with Gasteiger partial charge in [-0.15, -0.1) is 0 Å². The van der Waals surface area contributed by atoms with Crippen LogP contribution in [0.5, 0.6) is 0 Å². The Bertz CT molecular complexity index is 1130. The first-order chi connectivity index (χ1) is 15.9. The zero-order valence-electron chi connectivity index (χ0n) is 17.3. The second-order valence-corrected chi connectivity index (χ2v) is 7.77. The summed E-state index contributed by atoms with van der Waals surface area (Å²) in [6, 6.07) is 2.43. The van der Waals surface area contributed by atoms with Gasteiger partial charge < -0.3 is 20.5 Å². The molecule has 0 saturated carbocycles. The van der Waals surface area contributed by atoms with E-state index in [4.69, 9.17) is 15.2 Å². The summed E-state index contributed by atoms with van der Waals surface area (Å²) >= 11 is 0. The number of hydrogen-bond acceptors (Lipinski definition) is 7. The van der Waals surface area contributed by atoms with E-state index >= 15 is 0 Å². The number of carbonyl (C=O) groups excluding carboxylic acids is 1. The van der Waals surface area contributed by atoms with Crippen molar-refractivity contribution >= 4 is 17.6 Å². The molecule has 0 bridgehead atoms. The number of ether oxygens (including phenoxy) is 2. The SMILES string of the molecule is C[C@H]1OCC2(c3cc(NC(=O)c4cnc(C(F)F)cn4)ccc3F)N=C(N)O[C@H](C(F)(F)F)C12. The largest absolute Gasteiger partial charge is 0.452 e. The number of aliphatic imine (C=N–C) groups is 1. The van der Waals surface area contributed by atoms with Gasteiger partial charge in [0.2, 0.25) is 6.10 Å². The molecule has 0 spiro atoms. The van der Waals surface area contributed by atoms with E-state index in [0.717, 1.165) is 30.6 Å². The second-order valence-electron chi connectivity index (χ2n) is 7.77. The summed E-state index contributed by atoms with van der Waals surface area (Å²) < 4.78 is 91.6. The van der Waals surface area contributed by atoms with Crippen LogP contribution in [0.25, 0.3) is 0 Å². The van der Waals surface area contributed by atoms with Gasteiger partial charge in [0.05, 0.1) is 31.0 Å². The van der Waals surface area contributed by atoms with Crippen molar-refractivity contribution in [2.24, 2.45) is 16.6 Å². The highest BCUT2D eigenvalue weighted by Crippen LogP contribution is 2.51. The molecule has 8 nitrogen and oxygen atoms in total. The smallest absolute Gasteiger partial charge is 0.426 e. The van der Waals surface area contributed by atoms with Gasteiger partial charge in [-0.25, -0.2) is 23.1 Å². The minimum absolute atomic E-state index is 0.0161. The van der Waals surface area contributed by atoms with Crippen LogP contribution in [0.15, 0.2) is 35.6 Å². The summed E-state index contributed by atoms with van der Waals surface area (Å²) in [5.74, 6) is -3.23. The van der Waals surface area contributed by atoms with E-state index < -0.39 is 66.3 Å². The predicted octanol–water partition coefficient (Wildman–Crippen LogP) is 3.31. The average molecular weight is 489 g/mol. The van der Waals surface area contributed by atoms with Crippen LogP contribution in [-0.4, -0.2) is 46.9 Å². The molecule has 182 valence electrons. The standard InChI is InChI=1S/C20H17F6N5O3/c1-8-14-15(20(24,25)26)34-18(27)31-19(14,7-33-8)10-4-9(2-3-11(10)21)30-17(32)13-6-28-12(5-29-13)16(22)23/h2-6,8,14-16H,7H2,1H3,(H2,27,31)(H,30,32)/t8-,14?,15+,19?/m1/s1. The molecule has 3 heterocycles. The molecular weight excluding hydrogens is 472 g/mol. The van der Waals surface area contributed by atoms with E-state index in [1.165, 1.54) is 6.92 Å². The van der Waals surface area contributed by atoms with Crippen LogP contribution in [0, 0.1) is 11.7 Å². The van der Waals surface area contributed by atoms with Gasteiger partial charge in [0.25, 0.3) is 18.4 Å². The van der Waals surface area contributed by atoms with Crippen LogP contribution in [0.1, 0.15) is 35.1 Å². The third-order valence-corrected chi connectivity index (χ3v) is 5.65. The van der Waals surface area contributed by atoms with Crippen molar-refractivity contribution in [3.05, 3.63) is 53.4 Å². The molecule has 1 aromatic heterocycles. The molecule has 4 rings (SSSR count). The van der Waals surface area contributed by atoms with E-state index in [2.05, 4.69) is 20.3 Å². The molecule has 1 saturated heterocycles. The molecule has 0 radical (unpaired) electrons. The minimum Gasteiger partial charge on any atom is -0.452 e. The molecule has 2 aliphatic rings. The van der Waals surface area contributed by atoms with Crippen LogP contribution >= 0.6 is 0 Å². The number of halogens is 6. The molecular formula is C20H17F6N5O3. The average Bonchev–Trinajstić information content (AvgIpc) is 3.10. The van der Waals surface area contributed by atoms with Crippen LogP contribution in [0.4, 0.5) is 32.0 Å². The lowest BCUT2D eigenvalue weighted by molar-refractivity contribution is -0.226. The van der Waals surface area contributed by atoms with Gasteiger partial charge in [0.15, 0.2) is 0 Å². The van der Waals surface area contributed by atoms with Crippen molar-refractivity contribution in [3.63, 3.8) is 0 Å². The quantitative estimate of drug-likeness (QED) is 0.638. The highest BCUT2D eigenvalue weighted by molar-refractivity contribution is 6.02. The van der Waals surface area contributed by atoms with Gasteiger partial charge in [0, 0.05) is 11.3 Å². The maximum absolute atomic E-state index is 15.0. The van der Waals surface area contributed by atoms with Crippen LogP contribution in [-0.2, 0) is 15.0 Å². The Hall–Kier alpha value is -3.42. The lowest BCUT2D eigenvalue weighted by atomic mass is 9.74. The predicted molar refractivity (Wildman–Crippen MR) is 104 cm³/mol. The second kappa shape index (κ2) is 8.42. The zero-order chi connectivity index (χ0) is 24.8. The van der Waals surface area contributed by atoms with Crippen LogP contribution < -0.4 is 11.1 Å². The Morgan fingerprint density at radius 1 is 1.26 bits per heavy atom. The summed E-state index contributed by atoms with van der Waals surface area (Å²) in [6.45, 7) is 0.973. The Labute approximate surface area is 188 Å². The maximum Gasteiger partial charge on any atom is 0.426 e. The summed E-state index contributed by atoms with van der Waals surface area (Å²) in [7, 11) is 0. The fraction of sp³-hybridized carbons (Fsp3) is 0.400. The first kappa shape index (κ1) is 23.7. The number of carbonyl (C=O) groups is 1. The highest BCUT2D eigenvalue weighted by Gasteiger charge is 2.64. The fourth-order valence-corrected chi connectivity index (χ4v) is 4.16. The van der Waals surface area contributed by atoms with Crippen molar-refractivity contribution in [1.82, 2.24) is 9.97 Å². The van der Waals surface area contributed by atoms with Crippen molar-refractivity contribution in [3.8, 4) is 0 Å². The Kier molecular flexibility index (Phi) is 5.87. The number of alkyl halides is 5. The molecule has 34 heavy (non-hydrogen) atoms. The molecule has 0 aliphatic carbocycles. The van der Waals surface area contributed by atoms with Gasteiger partial charge in [0.1, 0.15) is 22.7 Å². The Morgan fingerprint density at radius 2 is 2.00 bits per heavy atom. The molecule has 1 aromatic carbocycles. The van der Waals surface area contributed by atoms with E-state index in [0.29, 0.717) is 0 Å². The molecule has 1 amide bonds. The number of hydrogen-bond donors (Lipinski definition) is 2. The van der Waals surface area contributed by atoms with Gasteiger partial charge in [-0.3, -0.25) is 9.78 Å². The normalized spacial score (nSPS) is 26.6. The van der Waals surface area contributed by atoms with Crippen molar-refractivity contribution in [2.45, 2.75) is 37.3 Å². The van der Waals surface area contributed by atoms with Gasteiger partial charge in [-0.2, -0.15) is 13.2 Å². The number of benzene rings is 1. The summed E-state index contributed by atoms with van der Waals surface area (Å²) in [6.07, 6.45) is -9.56. The summed E-state index contributed by atoms with van der Waals surface area (Å²) in [4.78, 5) is 23.5. The molecule has 2 aromatic rings. The number of amidine groups is 1. The molecule has 3 N–H and O–H groups in total. The number of aromatic nitrogens is 2. The van der Waals surface area contributed by atoms with E-state index in [9.17, 15) is 31.1 Å². The highest BCUT2D eigenvalue weighted by atomic mass is 19.4. The monoisotopic (exact) mass is 489 g/mol. The topological polar surface area (TPSA) is 112 Å². The Morgan fingerprint density at radius 3 is 2.62 bits per heavy atom. The molecule has 2 unspecified atom stereocenters. The first-order valence-corrected chi connectivity index (χ1v) is 9.84. The van der Waals surface area contributed by atoms with Gasteiger partial charge in [-0.05, 0) is 25.1 Å². The number of nitrogens with two attached hydrogens (primary N) is 1. The number of fused-ring (bicyclic) bond motifs is 1. The number of anilines is 1. The van der Waals surface area contributed by atoms with Crippen molar-refractivity contribution in [2.75, 3.05) is 11.9 Å². The van der Waals surface area contributed by atoms with Crippen LogP contribution in [0.2, 0.25) is 0 Å². The summed E-state index contributed by atoms with van der Waals surface area (Å²) in [5.41, 5.74) is 2.42. The lowest BCUT2D eigenvalue weighted by Crippen LogP contribution is -2.55. The van der Waals surface area contributed by atoms with E-state index in [1.807, 2.05) is 0 Å². The Balaban J connectivity index is 1.70. The fourth-order valence-electron chi connectivity index (χ4n) is 4.16. The number of rotatable bonds is 4. The molecule has 4 atom stereocenters. The number of nitrogens with one attached hydrogen (secondary N) is 1. The summed E-state index contributed by atoms with van der Waals surface area (Å²) in [5, 5.41) is 2.38. The number of nitrogens with zero attached hydrogens (tertiary/aromatic N) is 3. The van der Waals surface area contributed by atoms with Gasteiger partial charge in [-0.1, -0.05) is 0 Å². The number of amides is 1. The third-order valence-electron chi connectivity index (χ3n) is 5.65. The zero-order valence-corrected chi connectivity index (χ0v) is 17.3. The van der Waals surface area contributed by atoms with Gasteiger partial charge >= 0.3 is 6.18 Å². The van der Waals surface area contributed by atoms with E-state index in [1.54, 1.807) is 0 Å². The molecule has 2 aliphatic heterocycles. The minimum atomic E-state index is -4.84. The first-order valence-electron chi connectivity index (χ1n) is 9.84. The van der Waals surface area contributed by atoms with E-state index in [-0.39, 0.29) is 16.9 Å². The molecule has 14 heteroatoms. The molecule has 1 fully saturated rings. The van der Waals surface area contributed by atoms with Crippen molar-refractivity contribution in [1.29, 1.82) is 0 Å².